The van der Waals surface area contributed by atoms with Gasteiger partial charge in [0.15, 0.2) is 0 Å². The molecule has 0 N–H and O–H groups in total. The highest BCUT2D eigenvalue weighted by atomic mass is 35.5. The Morgan fingerprint density at radius 1 is 1.11 bits per heavy atom. The van der Waals surface area contributed by atoms with Gasteiger partial charge in [0, 0.05) is 0 Å². The van der Waals surface area contributed by atoms with Crippen molar-refractivity contribution < 1.29 is 22.6 Å². The van der Waals surface area contributed by atoms with E-state index < -0.39 is 16.5 Å². The molecule has 108 valence electrons. The molecule has 1 aliphatic heterocycles. The summed E-state index contributed by atoms with van der Waals surface area (Å²) in [4.78, 5) is -2.25. The SMILES string of the molecule is CC1OCCOC1C(C)(C)CC(C)(Cl)C(F)(F)F. The van der Waals surface area contributed by atoms with Crippen LogP contribution in [0.2, 0.25) is 0 Å². The summed E-state index contributed by atoms with van der Waals surface area (Å²) in [6.07, 6.45) is -5.27. The molecule has 0 bridgehead atoms. The molecule has 1 fully saturated rings. The Hall–Kier alpha value is -0.0000000000000000555. The van der Waals surface area contributed by atoms with Gasteiger partial charge in [-0.3, -0.25) is 0 Å². The molecular formula is C12H20ClF3O2. The molecule has 0 saturated carbocycles. The molecule has 6 heteroatoms. The molecule has 0 aromatic heterocycles. The van der Waals surface area contributed by atoms with E-state index in [4.69, 9.17) is 21.1 Å². The van der Waals surface area contributed by atoms with Gasteiger partial charge in [0.2, 0.25) is 0 Å². The molecular weight excluding hydrogens is 269 g/mol. The molecule has 1 saturated heterocycles. The zero-order valence-electron chi connectivity index (χ0n) is 11.1. The van der Waals surface area contributed by atoms with Crippen molar-refractivity contribution in [2.45, 2.75) is 57.4 Å². The van der Waals surface area contributed by atoms with E-state index in [1.54, 1.807) is 13.8 Å². The Labute approximate surface area is 111 Å². The van der Waals surface area contributed by atoms with Gasteiger partial charge in [0.05, 0.1) is 25.4 Å². The van der Waals surface area contributed by atoms with E-state index in [2.05, 4.69) is 0 Å². The second-order valence-electron chi connectivity index (χ2n) is 5.73. The second kappa shape index (κ2) is 5.17. The summed E-state index contributed by atoms with van der Waals surface area (Å²) in [6.45, 7) is 7.16. The lowest BCUT2D eigenvalue weighted by Crippen LogP contribution is -2.50. The van der Waals surface area contributed by atoms with Gasteiger partial charge in [0.1, 0.15) is 4.87 Å². The summed E-state index contributed by atoms with van der Waals surface area (Å²) in [5, 5.41) is 0. The molecule has 1 aliphatic rings. The lowest BCUT2D eigenvalue weighted by Gasteiger charge is -2.43. The number of rotatable bonds is 3. The van der Waals surface area contributed by atoms with Crippen LogP contribution in [0.25, 0.3) is 0 Å². The average molecular weight is 289 g/mol. The van der Waals surface area contributed by atoms with E-state index >= 15 is 0 Å². The standard InChI is InChI=1S/C12H20ClF3O2/c1-8-9(18-6-5-17-8)10(2,3)7-11(4,13)12(14,15)16/h8-9H,5-7H2,1-4H3. The lowest BCUT2D eigenvalue weighted by molar-refractivity contribution is -0.195. The molecule has 2 nitrogen and oxygen atoms in total. The van der Waals surface area contributed by atoms with Crippen LogP contribution in [0.5, 0.6) is 0 Å². The average Bonchev–Trinajstić information content (AvgIpc) is 2.14. The predicted molar refractivity (Wildman–Crippen MR) is 63.9 cm³/mol. The lowest BCUT2D eigenvalue weighted by atomic mass is 9.76. The third-order valence-corrected chi connectivity index (χ3v) is 3.68. The van der Waals surface area contributed by atoms with Crippen LogP contribution < -0.4 is 0 Å². The first-order valence-electron chi connectivity index (χ1n) is 5.96. The van der Waals surface area contributed by atoms with Crippen LogP contribution in [0.4, 0.5) is 13.2 Å². The van der Waals surface area contributed by atoms with Gasteiger partial charge in [0.25, 0.3) is 0 Å². The van der Waals surface area contributed by atoms with Crippen molar-refractivity contribution in [2.24, 2.45) is 5.41 Å². The highest BCUT2D eigenvalue weighted by molar-refractivity contribution is 6.24. The third kappa shape index (κ3) is 3.52. The summed E-state index contributed by atoms with van der Waals surface area (Å²) in [6, 6.07) is 0. The van der Waals surface area contributed by atoms with Gasteiger partial charge in [-0.25, -0.2) is 0 Å². The van der Waals surface area contributed by atoms with Gasteiger partial charge >= 0.3 is 6.18 Å². The molecule has 3 unspecified atom stereocenters. The van der Waals surface area contributed by atoms with E-state index in [9.17, 15) is 13.2 Å². The van der Waals surface area contributed by atoms with Gasteiger partial charge in [-0.2, -0.15) is 13.2 Å². The van der Waals surface area contributed by atoms with Gasteiger partial charge in [-0.05, 0) is 25.7 Å². The van der Waals surface area contributed by atoms with Crippen molar-refractivity contribution in [1.29, 1.82) is 0 Å². The van der Waals surface area contributed by atoms with Crippen molar-refractivity contribution in [3.05, 3.63) is 0 Å². The molecule has 0 amide bonds. The first-order valence-corrected chi connectivity index (χ1v) is 6.34. The van der Waals surface area contributed by atoms with Crippen LogP contribution in [0.1, 0.15) is 34.1 Å². The molecule has 0 aromatic rings. The molecule has 0 aliphatic carbocycles. The number of alkyl halides is 4. The quantitative estimate of drug-likeness (QED) is 0.736. The largest absolute Gasteiger partial charge is 0.407 e. The normalized spacial score (nSPS) is 30.0. The molecule has 0 spiro atoms. The van der Waals surface area contributed by atoms with E-state index in [1.165, 1.54) is 0 Å². The fraction of sp³-hybridized carbons (Fsp3) is 1.00. The molecule has 3 atom stereocenters. The number of hydrogen-bond acceptors (Lipinski definition) is 2. The summed E-state index contributed by atoms with van der Waals surface area (Å²) in [7, 11) is 0. The third-order valence-electron chi connectivity index (χ3n) is 3.34. The smallest absolute Gasteiger partial charge is 0.373 e. The highest BCUT2D eigenvalue weighted by Gasteiger charge is 2.54. The first-order chi connectivity index (χ1) is 7.97. The molecule has 0 aromatic carbocycles. The van der Waals surface area contributed by atoms with E-state index in [0.717, 1.165) is 6.92 Å². The number of halogens is 4. The Kier molecular flexibility index (Phi) is 4.62. The van der Waals surface area contributed by atoms with Crippen molar-refractivity contribution in [3.8, 4) is 0 Å². The molecule has 18 heavy (non-hydrogen) atoms. The van der Waals surface area contributed by atoms with Gasteiger partial charge < -0.3 is 9.47 Å². The van der Waals surface area contributed by atoms with Gasteiger partial charge in [-0.15, -0.1) is 11.6 Å². The zero-order chi connectivity index (χ0) is 14.2. The van der Waals surface area contributed by atoms with Crippen LogP contribution in [0, 0.1) is 5.41 Å². The maximum Gasteiger partial charge on any atom is 0.407 e. The predicted octanol–water partition coefficient (Wildman–Crippen LogP) is 3.77. The summed E-state index contributed by atoms with van der Waals surface area (Å²) < 4.78 is 49.5. The Morgan fingerprint density at radius 3 is 2.06 bits per heavy atom. The maximum absolute atomic E-state index is 12.8. The minimum atomic E-state index is -4.44. The van der Waals surface area contributed by atoms with Crippen LogP contribution >= 0.6 is 11.6 Å². The second-order valence-corrected chi connectivity index (χ2v) is 6.56. The topological polar surface area (TPSA) is 18.5 Å². The summed E-state index contributed by atoms with van der Waals surface area (Å²) in [5.41, 5.74) is -0.716. The van der Waals surface area contributed by atoms with Crippen LogP contribution in [0.15, 0.2) is 0 Å². The molecule has 1 heterocycles. The van der Waals surface area contributed by atoms with E-state index in [0.29, 0.717) is 13.2 Å². The Morgan fingerprint density at radius 2 is 1.61 bits per heavy atom. The number of hydrogen-bond donors (Lipinski definition) is 0. The maximum atomic E-state index is 12.8. The van der Waals surface area contributed by atoms with Gasteiger partial charge in [-0.1, -0.05) is 13.8 Å². The zero-order valence-corrected chi connectivity index (χ0v) is 11.9. The van der Waals surface area contributed by atoms with E-state index in [1.807, 2.05) is 6.92 Å². The van der Waals surface area contributed by atoms with Crippen LogP contribution in [-0.2, 0) is 9.47 Å². The molecule has 0 radical (unpaired) electrons. The van der Waals surface area contributed by atoms with Crippen LogP contribution in [-0.4, -0.2) is 36.5 Å². The van der Waals surface area contributed by atoms with E-state index in [-0.39, 0.29) is 18.6 Å². The fourth-order valence-electron chi connectivity index (χ4n) is 2.55. The summed E-state index contributed by atoms with van der Waals surface area (Å²) in [5.74, 6) is 0. The first kappa shape index (κ1) is 16.1. The van der Waals surface area contributed by atoms with Crippen molar-refractivity contribution >= 4 is 11.6 Å². The Balaban J connectivity index is 2.80. The minimum Gasteiger partial charge on any atom is -0.373 e. The highest BCUT2D eigenvalue weighted by Crippen LogP contribution is 2.46. The Bertz CT molecular complexity index is 290. The van der Waals surface area contributed by atoms with Crippen molar-refractivity contribution in [1.82, 2.24) is 0 Å². The molecule has 1 rings (SSSR count). The monoisotopic (exact) mass is 288 g/mol. The minimum absolute atomic E-state index is 0.219. The van der Waals surface area contributed by atoms with Crippen molar-refractivity contribution in [3.63, 3.8) is 0 Å². The fourth-order valence-corrected chi connectivity index (χ4v) is 2.89. The van der Waals surface area contributed by atoms with Crippen molar-refractivity contribution in [2.75, 3.05) is 13.2 Å². The number of ether oxygens (including phenoxy) is 2. The summed E-state index contributed by atoms with van der Waals surface area (Å²) >= 11 is 5.64. The van der Waals surface area contributed by atoms with Crippen LogP contribution in [0.3, 0.4) is 0 Å².